The molecule has 0 radical (unpaired) electrons. The highest BCUT2D eigenvalue weighted by Gasteiger charge is 2.35. The van der Waals surface area contributed by atoms with Crippen LogP contribution in [0.4, 0.5) is 0 Å². The molecule has 3 heteroatoms. The predicted octanol–water partition coefficient (Wildman–Crippen LogP) is 3.19. The smallest absolute Gasteiger partial charge is 0.109 e. The van der Waals surface area contributed by atoms with Crippen molar-refractivity contribution in [3.63, 3.8) is 0 Å². The van der Waals surface area contributed by atoms with Gasteiger partial charge in [0.15, 0.2) is 0 Å². The van der Waals surface area contributed by atoms with Crippen LogP contribution in [0.1, 0.15) is 63.3 Å². The van der Waals surface area contributed by atoms with Crippen molar-refractivity contribution in [1.82, 2.24) is 5.32 Å². The Hall–Kier alpha value is -0.800. The van der Waals surface area contributed by atoms with Gasteiger partial charge < -0.3 is 14.8 Å². The molecule has 3 rings (SSSR count). The molecule has 0 bridgehead atoms. The average Bonchev–Trinajstić information content (AvgIpc) is 2.78. The molecule has 2 N–H and O–H groups in total. The topological polar surface area (TPSA) is 45.4 Å². The van der Waals surface area contributed by atoms with E-state index in [0.29, 0.717) is 17.5 Å². The fourth-order valence-electron chi connectivity index (χ4n) is 3.65. The standard InChI is InChI=1S/C16H25NO2/c1-16(2)9-14(13-7-8-19-15(13)10-16)17-11-3-5-12(18)6-4-11/h7-8,11-12,14,17-18H,3-6,9-10H2,1-2H3/t11?,12?,14-/m1/s1. The van der Waals surface area contributed by atoms with Gasteiger partial charge in [0.2, 0.25) is 0 Å². The average molecular weight is 263 g/mol. The van der Waals surface area contributed by atoms with Crippen LogP contribution < -0.4 is 5.32 Å². The molecule has 2 aliphatic carbocycles. The zero-order chi connectivity index (χ0) is 13.5. The highest BCUT2D eigenvalue weighted by Crippen LogP contribution is 2.41. The summed E-state index contributed by atoms with van der Waals surface area (Å²) in [7, 11) is 0. The summed E-state index contributed by atoms with van der Waals surface area (Å²) in [6, 6.07) is 3.09. The second-order valence-electron chi connectivity index (χ2n) is 7.07. The van der Waals surface area contributed by atoms with Crippen molar-refractivity contribution in [1.29, 1.82) is 0 Å². The van der Waals surface area contributed by atoms with Crippen LogP contribution in [-0.2, 0) is 6.42 Å². The molecule has 0 amide bonds. The van der Waals surface area contributed by atoms with E-state index in [9.17, 15) is 5.11 Å². The van der Waals surface area contributed by atoms with Crippen LogP contribution in [-0.4, -0.2) is 17.3 Å². The molecule has 1 saturated carbocycles. The third kappa shape index (κ3) is 2.87. The Morgan fingerprint density at radius 3 is 2.74 bits per heavy atom. The van der Waals surface area contributed by atoms with Crippen molar-refractivity contribution < 1.29 is 9.52 Å². The summed E-state index contributed by atoms with van der Waals surface area (Å²) in [4.78, 5) is 0. The molecule has 1 heterocycles. The van der Waals surface area contributed by atoms with E-state index in [0.717, 1.165) is 37.9 Å². The minimum absolute atomic E-state index is 0.0784. The zero-order valence-corrected chi connectivity index (χ0v) is 12.0. The first-order chi connectivity index (χ1) is 9.03. The number of hydrogen-bond donors (Lipinski definition) is 2. The lowest BCUT2D eigenvalue weighted by Gasteiger charge is -2.38. The van der Waals surface area contributed by atoms with Gasteiger partial charge in [0.1, 0.15) is 5.76 Å². The first kappa shape index (κ1) is 13.2. The van der Waals surface area contributed by atoms with Gasteiger partial charge >= 0.3 is 0 Å². The van der Waals surface area contributed by atoms with E-state index >= 15 is 0 Å². The molecule has 0 aliphatic heterocycles. The summed E-state index contributed by atoms with van der Waals surface area (Å²) >= 11 is 0. The van der Waals surface area contributed by atoms with Crippen LogP contribution in [0.5, 0.6) is 0 Å². The van der Waals surface area contributed by atoms with Gasteiger partial charge in [-0.3, -0.25) is 0 Å². The van der Waals surface area contributed by atoms with Gasteiger partial charge in [-0.1, -0.05) is 13.8 Å². The number of rotatable bonds is 2. The first-order valence-electron chi connectivity index (χ1n) is 7.54. The molecule has 0 saturated heterocycles. The van der Waals surface area contributed by atoms with E-state index in [1.54, 1.807) is 0 Å². The van der Waals surface area contributed by atoms with Crippen LogP contribution in [0.15, 0.2) is 16.7 Å². The molecule has 0 unspecified atom stereocenters. The molecule has 19 heavy (non-hydrogen) atoms. The third-order valence-corrected chi connectivity index (χ3v) is 4.68. The molecule has 0 spiro atoms. The molecule has 3 nitrogen and oxygen atoms in total. The lowest BCUT2D eigenvalue weighted by atomic mass is 9.74. The number of aliphatic hydroxyl groups excluding tert-OH is 1. The van der Waals surface area contributed by atoms with Gasteiger partial charge in [-0.05, 0) is 43.6 Å². The first-order valence-corrected chi connectivity index (χ1v) is 7.54. The minimum Gasteiger partial charge on any atom is -0.469 e. The van der Waals surface area contributed by atoms with E-state index in [-0.39, 0.29) is 6.10 Å². The second kappa shape index (κ2) is 4.95. The van der Waals surface area contributed by atoms with Gasteiger partial charge in [-0.15, -0.1) is 0 Å². The van der Waals surface area contributed by atoms with Crippen LogP contribution in [0, 0.1) is 5.41 Å². The fourth-order valence-corrected chi connectivity index (χ4v) is 3.65. The van der Waals surface area contributed by atoms with Crippen LogP contribution in [0.25, 0.3) is 0 Å². The number of fused-ring (bicyclic) bond motifs is 1. The van der Waals surface area contributed by atoms with Gasteiger partial charge in [0.25, 0.3) is 0 Å². The lowest BCUT2D eigenvalue weighted by molar-refractivity contribution is 0.110. The van der Waals surface area contributed by atoms with Gasteiger partial charge in [0, 0.05) is 24.1 Å². The Balaban J connectivity index is 1.71. The summed E-state index contributed by atoms with van der Waals surface area (Å²) in [6.07, 6.45) is 8.00. The molecule has 1 aromatic rings. The van der Waals surface area contributed by atoms with Crippen molar-refractivity contribution >= 4 is 0 Å². The highest BCUT2D eigenvalue weighted by atomic mass is 16.3. The van der Waals surface area contributed by atoms with Crippen molar-refractivity contribution in [2.24, 2.45) is 5.41 Å². The fraction of sp³-hybridized carbons (Fsp3) is 0.750. The molecular weight excluding hydrogens is 238 g/mol. The van der Waals surface area contributed by atoms with Crippen molar-refractivity contribution in [2.45, 2.75) is 70.6 Å². The quantitative estimate of drug-likeness (QED) is 0.861. The molecule has 1 aromatic heterocycles. The lowest BCUT2D eigenvalue weighted by Crippen LogP contribution is -2.40. The Kier molecular flexibility index (Phi) is 3.44. The number of nitrogens with one attached hydrogen (secondary N) is 1. The molecular formula is C16H25NO2. The van der Waals surface area contributed by atoms with Gasteiger partial charge in [-0.25, -0.2) is 0 Å². The Labute approximate surface area is 115 Å². The number of furan rings is 1. The molecule has 0 aromatic carbocycles. The van der Waals surface area contributed by atoms with E-state index < -0.39 is 0 Å². The van der Waals surface area contributed by atoms with E-state index in [1.165, 1.54) is 12.0 Å². The van der Waals surface area contributed by atoms with E-state index in [1.807, 2.05) is 6.26 Å². The third-order valence-electron chi connectivity index (χ3n) is 4.68. The highest BCUT2D eigenvalue weighted by molar-refractivity contribution is 5.26. The summed E-state index contributed by atoms with van der Waals surface area (Å²) < 4.78 is 5.65. The normalized spacial score (nSPS) is 33.9. The monoisotopic (exact) mass is 263 g/mol. The van der Waals surface area contributed by atoms with E-state index in [2.05, 4.69) is 25.2 Å². The predicted molar refractivity (Wildman–Crippen MR) is 74.9 cm³/mol. The Morgan fingerprint density at radius 1 is 1.26 bits per heavy atom. The Bertz CT molecular complexity index is 430. The van der Waals surface area contributed by atoms with Crippen LogP contribution in [0.2, 0.25) is 0 Å². The summed E-state index contributed by atoms with van der Waals surface area (Å²) in [5, 5.41) is 13.4. The molecule has 1 atom stereocenters. The molecule has 1 fully saturated rings. The maximum Gasteiger partial charge on any atom is 0.109 e. The van der Waals surface area contributed by atoms with Crippen molar-refractivity contribution in [3.05, 3.63) is 23.7 Å². The number of aliphatic hydroxyl groups is 1. The second-order valence-corrected chi connectivity index (χ2v) is 7.07. The van der Waals surface area contributed by atoms with Crippen molar-refractivity contribution in [2.75, 3.05) is 0 Å². The van der Waals surface area contributed by atoms with E-state index in [4.69, 9.17) is 4.42 Å². The minimum atomic E-state index is -0.0784. The van der Waals surface area contributed by atoms with Crippen LogP contribution >= 0.6 is 0 Å². The maximum atomic E-state index is 9.60. The summed E-state index contributed by atoms with van der Waals surface area (Å²) in [5.74, 6) is 1.16. The SMILES string of the molecule is CC1(C)Cc2occc2[C@H](NC2CCC(O)CC2)C1. The maximum absolute atomic E-state index is 9.60. The summed E-state index contributed by atoms with van der Waals surface area (Å²) in [5.41, 5.74) is 1.65. The van der Waals surface area contributed by atoms with Gasteiger partial charge in [-0.2, -0.15) is 0 Å². The Morgan fingerprint density at radius 2 is 2.00 bits per heavy atom. The van der Waals surface area contributed by atoms with Crippen LogP contribution in [0.3, 0.4) is 0 Å². The van der Waals surface area contributed by atoms with Gasteiger partial charge in [0.05, 0.1) is 12.4 Å². The molecule has 2 aliphatic rings. The molecule has 106 valence electrons. The zero-order valence-electron chi connectivity index (χ0n) is 12.0. The largest absolute Gasteiger partial charge is 0.469 e. The number of hydrogen-bond acceptors (Lipinski definition) is 3. The van der Waals surface area contributed by atoms with Crippen molar-refractivity contribution in [3.8, 4) is 0 Å². The summed E-state index contributed by atoms with van der Waals surface area (Å²) in [6.45, 7) is 4.63.